The summed E-state index contributed by atoms with van der Waals surface area (Å²) < 4.78 is 12.9. The van der Waals surface area contributed by atoms with E-state index in [1.165, 1.54) is 0 Å². The van der Waals surface area contributed by atoms with Gasteiger partial charge in [-0.3, -0.25) is 10.1 Å². The molecule has 2 N–H and O–H groups in total. The van der Waals surface area contributed by atoms with Gasteiger partial charge in [-0.1, -0.05) is 15.9 Å². The van der Waals surface area contributed by atoms with Gasteiger partial charge in [-0.25, -0.2) is 0 Å². The molecular formula is C16H12BrIN2O3S. The van der Waals surface area contributed by atoms with E-state index in [0.29, 0.717) is 30.3 Å². The van der Waals surface area contributed by atoms with E-state index in [-0.39, 0.29) is 11.0 Å². The van der Waals surface area contributed by atoms with E-state index in [2.05, 4.69) is 49.2 Å². The third-order valence-corrected chi connectivity index (χ3v) is 4.80. The Morgan fingerprint density at radius 3 is 2.62 bits per heavy atom. The van der Waals surface area contributed by atoms with Crippen LogP contribution in [0.25, 0.3) is 0 Å². The smallest absolute Gasteiger partial charge is 0.257 e. The van der Waals surface area contributed by atoms with E-state index in [9.17, 15) is 4.79 Å². The molecule has 5 nitrogen and oxygen atoms in total. The lowest BCUT2D eigenvalue weighted by Gasteiger charge is -2.18. The third-order valence-electron chi connectivity index (χ3n) is 3.21. The van der Waals surface area contributed by atoms with Gasteiger partial charge in [0, 0.05) is 13.6 Å². The summed E-state index contributed by atoms with van der Waals surface area (Å²) in [5.41, 5.74) is 1.28. The van der Waals surface area contributed by atoms with Crippen molar-refractivity contribution in [2.45, 2.75) is 0 Å². The van der Waals surface area contributed by atoms with Crippen molar-refractivity contribution in [2.24, 2.45) is 0 Å². The summed E-state index contributed by atoms with van der Waals surface area (Å²) in [7, 11) is 0. The van der Waals surface area contributed by atoms with Crippen molar-refractivity contribution in [2.75, 3.05) is 18.5 Å². The monoisotopic (exact) mass is 518 g/mol. The summed E-state index contributed by atoms with van der Waals surface area (Å²) in [4.78, 5) is 12.3. The summed E-state index contributed by atoms with van der Waals surface area (Å²) in [6.07, 6.45) is 0. The van der Waals surface area contributed by atoms with Crippen molar-refractivity contribution >= 4 is 67.4 Å². The summed E-state index contributed by atoms with van der Waals surface area (Å²) in [5.74, 6) is 0.898. The number of hydrogen-bond donors (Lipinski definition) is 2. The van der Waals surface area contributed by atoms with Gasteiger partial charge in [0.2, 0.25) is 0 Å². The van der Waals surface area contributed by atoms with Crippen LogP contribution in [-0.4, -0.2) is 24.2 Å². The number of halogens is 2. The molecule has 8 heteroatoms. The Morgan fingerprint density at radius 2 is 1.88 bits per heavy atom. The highest BCUT2D eigenvalue weighted by Gasteiger charge is 2.16. The first kappa shape index (κ1) is 17.4. The number of carbonyl (C=O) groups excluding carboxylic acids is 1. The van der Waals surface area contributed by atoms with Crippen molar-refractivity contribution in [1.82, 2.24) is 5.32 Å². The van der Waals surface area contributed by atoms with Crippen LogP contribution < -0.4 is 20.1 Å². The predicted octanol–water partition coefficient (Wildman–Crippen LogP) is 3.95. The zero-order chi connectivity index (χ0) is 17.1. The summed E-state index contributed by atoms with van der Waals surface area (Å²) in [6, 6.07) is 10.8. The normalized spacial score (nSPS) is 12.4. The molecule has 0 radical (unpaired) electrons. The maximum absolute atomic E-state index is 12.3. The summed E-state index contributed by atoms with van der Waals surface area (Å²) in [5, 5.41) is 5.91. The summed E-state index contributed by atoms with van der Waals surface area (Å²) >= 11 is 10.8. The van der Waals surface area contributed by atoms with Crippen LogP contribution in [0.2, 0.25) is 0 Å². The fraction of sp³-hybridized carbons (Fsp3) is 0.125. The first-order chi connectivity index (χ1) is 11.5. The Hall–Kier alpha value is -1.39. The zero-order valence-corrected chi connectivity index (χ0v) is 16.8. The van der Waals surface area contributed by atoms with Gasteiger partial charge in [-0.05, 0) is 71.2 Å². The lowest BCUT2D eigenvalue weighted by Crippen LogP contribution is -2.34. The molecule has 0 unspecified atom stereocenters. The maximum atomic E-state index is 12.3. The summed E-state index contributed by atoms with van der Waals surface area (Å²) in [6.45, 7) is 0.985. The van der Waals surface area contributed by atoms with E-state index >= 15 is 0 Å². The van der Waals surface area contributed by atoms with Gasteiger partial charge >= 0.3 is 0 Å². The Labute approximate surface area is 166 Å². The molecular weight excluding hydrogens is 507 g/mol. The molecule has 1 amide bonds. The van der Waals surface area contributed by atoms with Crippen molar-refractivity contribution in [1.29, 1.82) is 0 Å². The molecule has 0 aliphatic carbocycles. The van der Waals surface area contributed by atoms with Gasteiger partial charge in [0.05, 0.1) is 5.69 Å². The third kappa shape index (κ3) is 4.17. The number of carbonyl (C=O) groups is 1. The molecule has 2 aromatic rings. The van der Waals surface area contributed by atoms with Crippen LogP contribution >= 0.6 is 50.7 Å². The highest BCUT2D eigenvalue weighted by molar-refractivity contribution is 14.1. The largest absolute Gasteiger partial charge is 0.486 e. The molecule has 0 aromatic heterocycles. The quantitative estimate of drug-likeness (QED) is 0.465. The van der Waals surface area contributed by atoms with E-state index in [0.717, 1.165) is 13.7 Å². The zero-order valence-electron chi connectivity index (χ0n) is 12.3. The van der Waals surface area contributed by atoms with Gasteiger partial charge in [-0.2, -0.15) is 0 Å². The van der Waals surface area contributed by atoms with Crippen molar-refractivity contribution < 1.29 is 14.3 Å². The Morgan fingerprint density at radius 1 is 1.12 bits per heavy atom. The molecule has 1 aliphatic heterocycles. The van der Waals surface area contributed by atoms with Gasteiger partial charge in [0.15, 0.2) is 16.6 Å². The Balaban J connectivity index is 1.67. The highest BCUT2D eigenvalue weighted by atomic mass is 127. The molecule has 0 fully saturated rings. The van der Waals surface area contributed by atoms with Crippen molar-refractivity contribution in [3.05, 3.63) is 50.0 Å². The average molecular weight is 519 g/mol. The molecule has 2 aromatic carbocycles. The number of fused-ring (bicyclic) bond motifs is 1. The number of amides is 1. The molecule has 3 rings (SSSR count). The van der Waals surface area contributed by atoms with E-state index in [1.807, 2.05) is 18.2 Å². The molecule has 124 valence electrons. The maximum Gasteiger partial charge on any atom is 0.257 e. The van der Waals surface area contributed by atoms with Crippen LogP contribution in [0.5, 0.6) is 11.5 Å². The van der Waals surface area contributed by atoms with Crippen LogP contribution in [0.15, 0.2) is 40.9 Å². The second-order valence-corrected chi connectivity index (χ2v) is 7.38. The minimum absolute atomic E-state index is 0.232. The van der Waals surface area contributed by atoms with E-state index in [4.69, 9.17) is 21.7 Å². The lowest BCUT2D eigenvalue weighted by atomic mass is 10.2. The molecule has 1 aliphatic rings. The molecule has 1 heterocycles. The van der Waals surface area contributed by atoms with Gasteiger partial charge in [0.1, 0.15) is 13.2 Å². The average Bonchev–Trinajstić information content (AvgIpc) is 2.57. The van der Waals surface area contributed by atoms with Gasteiger partial charge in [-0.15, -0.1) is 0 Å². The second kappa shape index (κ2) is 7.66. The van der Waals surface area contributed by atoms with E-state index < -0.39 is 0 Å². The number of thiocarbonyl (C=S) groups is 1. The van der Waals surface area contributed by atoms with Crippen LogP contribution in [0, 0.1) is 3.57 Å². The van der Waals surface area contributed by atoms with Crippen LogP contribution in [0.1, 0.15) is 10.4 Å². The van der Waals surface area contributed by atoms with Crippen LogP contribution in [0.3, 0.4) is 0 Å². The fourth-order valence-corrected chi connectivity index (χ4v) is 3.75. The SMILES string of the molecule is O=C(NC(=S)Nc1ccc(Br)cc1I)c1ccc2c(c1)OCCO2. The number of rotatable bonds is 2. The van der Waals surface area contributed by atoms with Crippen molar-refractivity contribution in [3.63, 3.8) is 0 Å². The number of anilines is 1. The van der Waals surface area contributed by atoms with Gasteiger partial charge in [0.25, 0.3) is 5.91 Å². The number of benzene rings is 2. The highest BCUT2D eigenvalue weighted by Crippen LogP contribution is 2.30. The molecule has 0 saturated carbocycles. The first-order valence-electron chi connectivity index (χ1n) is 7.00. The minimum Gasteiger partial charge on any atom is -0.486 e. The predicted molar refractivity (Wildman–Crippen MR) is 108 cm³/mol. The fourth-order valence-electron chi connectivity index (χ4n) is 2.10. The van der Waals surface area contributed by atoms with Crippen LogP contribution in [-0.2, 0) is 0 Å². The standard InChI is InChI=1S/C16H12BrIN2O3S/c17-10-2-3-12(11(18)8-10)19-16(24)20-15(21)9-1-4-13-14(7-9)23-6-5-22-13/h1-4,7-8H,5-6H2,(H2,19,20,21,24). The second-order valence-electron chi connectivity index (χ2n) is 4.89. The first-order valence-corrected chi connectivity index (χ1v) is 9.28. The molecule has 0 saturated heterocycles. The Bertz CT molecular complexity index is 816. The van der Waals surface area contributed by atoms with Crippen molar-refractivity contribution in [3.8, 4) is 11.5 Å². The van der Waals surface area contributed by atoms with E-state index in [1.54, 1.807) is 18.2 Å². The molecule has 0 atom stereocenters. The number of nitrogens with one attached hydrogen (secondary N) is 2. The molecule has 24 heavy (non-hydrogen) atoms. The van der Waals surface area contributed by atoms with Gasteiger partial charge < -0.3 is 14.8 Å². The molecule has 0 bridgehead atoms. The number of ether oxygens (including phenoxy) is 2. The number of hydrogen-bond acceptors (Lipinski definition) is 4. The minimum atomic E-state index is -0.309. The topological polar surface area (TPSA) is 59.6 Å². The Kier molecular flexibility index (Phi) is 5.57. The molecule has 0 spiro atoms. The van der Waals surface area contributed by atoms with Crippen LogP contribution in [0.4, 0.5) is 5.69 Å². The lowest BCUT2D eigenvalue weighted by molar-refractivity contribution is 0.0976.